The molecule has 0 aliphatic heterocycles. The monoisotopic (exact) mass is 277 g/mol. The zero-order valence-corrected chi connectivity index (χ0v) is 9.59. The second-order valence-electron chi connectivity index (χ2n) is 2.87. The van der Waals surface area contributed by atoms with Gasteiger partial charge in [-0.2, -0.15) is 5.26 Å². The van der Waals surface area contributed by atoms with Gasteiger partial charge in [0.25, 0.3) is 0 Å². The fourth-order valence-corrected chi connectivity index (χ4v) is 1.91. The molecule has 0 bridgehead atoms. The molecule has 0 spiro atoms. The van der Waals surface area contributed by atoms with Gasteiger partial charge in [0, 0.05) is 10.3 Å². The third-order valence-corrected chi connectivity index (χ3v) is 2.98. The predicted octanol–water partition coefficient (Wildman–Crippen LogP) is 3.84. The Morgan fingerprint density at radius 1 is 1.42 bits per heavy atom. The van der Waals surface area contributed by atoms with Crippen molar-refractivity contribution in [2.24, 2.45) is 0 Å². The molecule has 0 aromatic heterocycles. The fourth-order valence-electron chi connectivity index (χ4n) is 1.03. The summed E-state index contributed by atoms with van der Waals surface area (Å²) >= 11 is 2.48. The van der Waals surface area contributed by atoms with Crippen LogP contribution in [0.2, 0.25) is 0 Å². The van der Waals surface area contributed by atoms with Gasteiger partial charge in [0.1, 0.15) is 0 Å². The lowest BCUT2D eigenvalue weighted by molar-refractivity contribution is 0.656. The number of nitriles is 1. The molecule has 0 heterocycles. The number of halogens is 1. The molecule has 1 unspecified atom stereocenters. The first kappa shape index (κ1) is 12.0. The number of hydrogen-bond acceptors (Lipinski definition) is 1. The van der Waals surface area contributed by atoms with E-state index in [0.29, 0.717) is 6.42 Å². The van der Waals surface area contributed by atoms with Gasteiger partial charge in [-0.05, 0) is 32.1 Å². The summed E-state index contributed by atoms with van der Waals surface area (Å²) in [6, 6.07) is 2.17. The third-order valence-electron chi connectivity index (χ3n) is 1.73. The molecule has 0 aromatic rings. The smallest absolute Gasteiger partial charge is 0.0621 e. The Bertz CT molecular complexity index is 148. The van der Waals surface area contributed by atoms with E-state index in [2.05, 4.69) is 35.2 Å². The highest BCUT2D eigenvalue weighted by Gasteiger charge is 2.01. The summed E-state index contributed by atoms with van der Waals surface area (Å²) in [5.41, 5.74) is 0. The van der Waals surface area contributed by atoms with Crippen molar-refractivity contribution in [2.45, 2.75) is 42.4 Å². The maximum Gasteiger partial charge on any atom is 0.0621 e. The Balaban J connectivity index is 3.16. The molecule has 0 saturated heterocycles. The molecule has 2 heteroatoms. The molecule has 1 atom stereocenters. The van der Waals surface area contributed by atoms with Crippen LogP contribution in [0, 0.1) is 11.3 Å². The topological polar surface area (TPSA) is 23.8 Å². The van der Waals surface area contributed by atoms with Crippen LogP contribution in [0.4, 0.5) is 0 Å². The molecular weight excluding hydrogens is 261 g/mol. The molecule has 0 amide bonds. The van der Waals surface area contributed by atoms with E-state index >= 15 is 0 Å². The minimum absolute atomic E-state index is 0.709. The van der Waals surface area contributed by atoms with E-state index in [0.717, 1.165) is 16.8 Å². The summed E-state index contributed by atoms with van der Waals surface area (Å²) in [6.45, 7) is 3.69. The van der Waals surface area contributed by atoms with Crippen molar-refractivity contribution in [1.82, 2.24) is 0 Å². The number of hydrogen-bond donors (Lipinski definition) is 0. The molecule has 0 aromatic carbocycles. The molecule has 1 nitrogen and oxygen atoms in total. The van der Waals surface area contributed by atoms with Crippen LogP contribution in [-0.4, -0.2) is 3.92 Å². The lowest BCUT2D eigenvalue weighted by Crippen LogP contribution is -1.96. The van der Waals surface area contributed by atoms with E-state index in [1.807, 2.05) is 6.08 Å². The van der Waals surface area contributed by atoms with Gasteiger partial charge in [0.15, 0.2) is 0 Å². The molecule has 0 aliphatic rings. The van der Waals surface area contributed by atoms with Crippen molar-refractivity contribution >= 4 is 22.6 Å². The van der Waals surface area contributed by atoms with E-state index in [-0.39, 0.29) is 0 Å². The van der Waals surface area contributed by atoms with Crippen molar-refractivity contribution < 1.29 is 0 Å². The average Bonchev–Trinajstić information content (AvgIpc) is 2.06. The van der Waals surface area contributed by atoms with Crippen LogP contribution in [0.3, 0.4) is 0 Å². The Morgan fingerprint density at radius 3 is 2.67 bits per heavy atom. The summed E-state index contributed by atoms with van der Waals surface area (Å²) < 4.78 is 0.746. The van der Waals surface area contributed by atoms with Crippen LogP contribution in [-0.2, 0) is 0 Å². The Hall–Kier alpha value is -0.0400. The Morgan fingerprint density at radius 2 is 2.08 bits per heavy atom. The predicted molar refractivity (Wildman–Crippen MR) is 61.3 cm³/mol. The van der Waals surface area contributed by atoms with Crippen LogP contribution in [0.5, 0.6) is 0 Å². The van der Waals surface area contributed by atoms with Crippen LogP contribution in [0.1, 0.15) is 38.5 Å². The SMILES string of the molecule is C=CCCCC(I)CCCC#N. The third kappa shape index (κ3) is 8.06. The number of alkyl halides is 1. The van der Waals surface area contributed by atoms with Crippen LogP contribution >= 0.6 is 22.6 Å². The van der Waals surface area contributed by atoms with Crippen LogP contribution in [0.15, 0.2) is 12.7 Å². The van der Waals surface area contributed by atoms with Crippen molar-refractivity contribution in [3.8, 4) is 6.07 Å². The van der Waals surface area contributed by atoms with Crippen molar-refractivity contribution in [2.75, 3.05) is 0 Å². The number of unbranched alkanes of at least 4 members (excludes halogenated alkanes) is 2. The van der Waals surface area contributed by atoms with E-state index in [1.165, 1.54) is 19.3 Å². The maximum absolute atomic E-state index is 8.33. The van der Waals surface area contributed by atoms with E-state index < -0.39 is 0 Å². The van der Waals surface area contributed by atoms with E-state index in [1.54, 1.807) is 0 Å². The van der Waals surface area contributed by atoms with Gasteiger partial charge in [-0.3, -0.25) is 0 Å². The van der Waals surface area contributed by atoms with Gasteiger partial charge in [-0.25, -0.2) is 0 Å². The van der Waals surface area contributed by atoms with Crippen molar-refractivity contribution in [3.63, 3.8) is 0 Å². The first-order chi connectivity index (χ1) is 5.81. The molecular formula is C10H16IN. The van der Waals surface area contributed by atoms with Gasteiger partial charge >= 0.3 is 0 Å². The number of allylic oxidation sites excluding steroid dienone is 1. The van der Waals surface area contributed by atoms with Crippen LogP contribution in [0.25, 0.3) is 0 Å². The maximum atomic E-state index is 8.33. The molecule has 0 fully saturated rings. The Kier molecular flexibility index (Phi) is 9.02. The highest BCUT2D eigenvalue weighted by Crippen LogP contribution is 2.16. The average molecular weight is 277 g/mol. The minimum atomic E-state index is 0.709. The largest absolute Gasteiger partial charge is 0.198 e. The van der Waals surface area contributed by atoms with Crippen molar-refractivity contribution in [3.05, 3.63) is 12.7 Å². The highest BCUT2D eigenvalue weighted by molar-refractivity contribution is 14.1. The molecule has 0 radical (unpaired) electrons. The van der Waals surface area contributed by atoms with Gasteiger partial charge < -0.3 is 0 Å². The number of nitrogens with zero attached hydrogens (tertiary/aromatic N) is 1. The van der Waals surface area contributed by atoms with Gasteiger partial charge in [0.05, 0.1) is 6.07 Å². The van der Waals surface area contributed by atoms with Gasteiger partial charge in [-0.15, -0.1) is 6.58 Å². The zero-order valence-electron chi connectivity index (χ0n) is 7.43. The quantitative estimate of drug-likeness (QED) is 0.300. The molecule has 0 aliphatic carbocycles. The Labute approximate surface area is 89.0 Å². The molecule has 12 heavy (non-hydrogen) atoms. The second kappa shape index (κ2) is 9.05. The highest BCUT2D eigenvalue weighted by atomic mass is 127. The van der Waals surface area contributed by atoms with E-state index in [9.17, 15) is 0 Å². The summed E-state index contributed by atoms with van der Waals surface area (Å²) in [4.78, 5) is 0. The molecule has 68 valence electrons. The number of rotatable bonds is 7. The van der Waals surface area contributed by atoms with Gasteiger partial charge in [0.2, 0.25) is 0 Å². The summed E-state index contributed by atoms with van der Waals surface area (Å²) in [6.07, 6.45) is 8.54. The fraction of sp³-hybridized carbons (Fsp3) is 0.700. The second-order valence-corrected chi connectivity index (χ2v) is 4.63. The summed E-state index contributed by atoms with van der Waals surface area (Å²) in [7, 11) is 0. The van der Waals surface area contributed by atoms with Gasteiger partial charge in [-0.1, -0.05) is 28.7 Å². The van der Waals surface area contributed by atoms with E-state index in [4.69, 9.17) is 5.26 Å². The summed E-state index contributed by atoms with van der Waals surface area (Å²) in [5, 5.41) is 8.33. The van der Waals surface area contributed by atoms with Crippen molar-refractivity contribution in [1.29, 1.82) is 5.26 Å². The standard InChI is InChI=1S/C10H16IN/c1-2-3-4-7-10(11)8-5-6-9-12/h2,10H,1,3-8H2. The lowest BCUT2D eigenvalue weighted by Gasteiger charge is -2.06. The minimum Gasteiger partial charge on any atom is -0.198 e. The normalized spacial score (nSPS) is 12.0. The first-order valence-corrected chi connectivity index (χ1v) is 5.67. The molecule has 0 saturated carbocycles. The first-order valence-electron chi connectivity index (χ1n) is 4.43. The zero-order chi connectivity index (χ0) is 9.23. The lowest BCUT2D eigenvalue weighted by atomic mass is 10.1. The summed E-state index contributed by atoms with van der Waals surface area (Å²) in [5.74, 6) is 0. The van der Waals surface area contributed by atoms with Crippen LogP contribution < -0.4 is 0 Å². The molecule has 0 rings (SSSR count). The molecule has 0 N–H and O–H groups in total.